The van der Waals surface area contributed by atoms with Gasteiger partial charge in [0, 0.05) is 31.6 Å². The number of benzene rings is 2. The fourth-order valence-electron chi connectivity index (χ4n) is 4.35. The third kappa shape index (κ3) is 6.33. The van der Waals surface area contributed by atoms with Crippen molar-refractivity contribution in [3.05, 3.63) is 40.5 Å². The zero-order valence-electron chi connectivity index (χ0n) is 22.7. The van der Waals surface area contributed by atoms with Crippen molar-refractivity contribution in [3.63, 3.8) is 0 Å². The summed E-state index contributed by atoms with van der Waals surface area (Å²) in [5, 5.41) is 16.9. The lowest BCUT2D eigenvalue weighted by Gasteiger charge is -2.30. The van der Waals surface area contributed by atoms with Gasteiger partial charge in [-0.25, -0.2) is 4.98 Å². The van der Waals surface area contributed by atoms with Crippen LogP contribution in [0.2, 0.25) is 0 Å². The average Bonchev–Trinajstić information content (AvgIpc) is 2.94. The third-order valence-corrected chi connectivity index (χ3v) is 8.24. The van der Waals surface area contributed by atoms with Crippen LogP contribution in [0.5, 0.6) is 5.75 Å². The molecule has 0 aliphatic carbocycles. The predicted octanol–water partition coefficient (Wildman–Crippen LogP) is 5.75. The number of nitriles is 1. The first-order chi connectivity index (χ1) is 19.2. The monoisotopic (exact) mass is 624 g/mol. The van der Waals surface area contributed by atoms with Crippen molar-refractivity contribution in [2.75, 3.05) is 62.3 Å². The molecule has 1 fully saturated rings. The van der Waals surface area contributed by atoms with Crippen LogP contribution in [0.4, 0.5) is 40.2 Å². The van der Waals surface area contributed by atoms with Crippen molar-refractivity contribution in [1.29, 1.82) is 5.26 Å². The van der Waals surface area contributed by atoms with Gasteiger partial charge in [-0.2, -0.15) is 10.2 Å². The fraction of sp³-hybridized carbons (Fsp3) is 0.296. The Morgan fingerprint density at radius 2 is 2.00 bits per heavy atom. The van der Waals surface area contributed by atoms with E-state index in [4.69, 9.17) is 9.47 Å². The van der Waals surface area contributed by atoms with E-state index in [1.54, 1.807) is 58.0 Å². The molecule has 40 heavy (non-hydrogen) atoms. The lowest BCUT2D eigenvalue weighted by molar-refractivity contribution is 0.122. The Hall–Kier alpha value is -3.78. The lowest BCUT2D eigenvalue weighted by Crippen LogP contribution is -2.36. The maximum atomic E-state index is 13.4. The molecule has 3 aromatic rings. The number of nitrogens with one attached hydrogen (secondary N) is 2. The van der Waals surface area contributed by atoms with E-state index in [0.29, 0.717) is 76.0 Å². The first-order valence-electron chi connectivity index (χ1n) is 12.4. The van der Waals surface area contributed by atoms with Gasteiger partial charge in [-0.05, 0) is 61.1 Å². The van der Waals surface area contributed by atoms with Crippen molar-refractivity contribution in [2.24, 2.45) is 9.98 Å². The van der Waals surface area contributed by atoms with Crippen molar-refractivity contribution in [1.82, 2.24) is 9.97 Å². The SMILES string of the molecule is C=Nc1ccc(Nc2nc(Nc3cc(C#N)c(N4CCOCC4)cc3OC)ncc2Br)c(P(C)(C)=O)c1/N=C\C. The van der Waals surface area contributed by atoms with Gasteiger partial charge in [-0.15, -0.1) is 0 Å². The molecular weight excluding hydrogens is 595 g/mol. The fourth-order valence-corrected chi connectivity index (χ4v) is 6.04. The molecular formula is C27H30BrN8O3P. The number of morpholine rings is 1. The van der Waals surface area contributed by atoms with Crippen LogP contribution in [0.25, 0.3) is 0 Å². The number of nitrogens with zero attached hydrogens (tertiary/aromatic N) is 6. The molecule has 4 rings (SSSR count). The molecule has 208 valence electrons. The lowest BCUT2D eigenvalue weighted by atomic mass is 10.1. The van der Waals surface area contributed by atoms with Gasteiger partial charge in [0.1, 0.15) is 30.5 Å². The van der Waals surface area contributed by atoms with Crippen LogP contribution in [0.15, 0.2) is 44.9 Å². The summed E-state index contributed by atoms with van der Waals surface area (Å²) in [6, 6.07) is 9.38. The predicted molar refractivity (Wildman–Crippen MR) is 166 cm³/mol. The van der Waals surface area contributed by atoms with E-state index in [-0.39, 0.29) is 5.95 Å². The van der Waals surface area contributed by atoms with Gasteiger partial charge in [0.25, 0.3) is 0 Å². The minimum absolute atomic E-state index is 0.265. The number of methoxy groups -OCH3 is 1. The second-order valence-electron chi connectivity index (χ2n) is 9.15. The number of aromatic nitrogens is 2. The van der Waals surface area contributed by atoms with Gasteiger partial charge >= 0.3 is 0 Å². The highest BCUT2D eigenvalue weighted by Gasteiger charge is 2.24. The molecule has 2 N–H and O–H groups in total. The van der Waals surface area contributed by atoms with Crippen LogP contribution in [-0.4, -0.2) is 69.6 Å². The summed E-state index contributed by atoms with van der Waals surface area (Å²) in [4.78, 5) is 19.6. The maximum Gasteiger partial charge on any atom is 0.229 e. The summed E-state index contributed by atoms with van der Waals surface area (Å²) in [5.41, 5.74) is 3.42. The normalized spacial score (nSPS) is 13.7. The highest BCUT2D eigenvalue weighted by Crippen LogP contribution is 2.46. The van der Waals surface area contributed by atoms with Crippen LogP contribution in [0, 0.1) is 11.3 Å². The summed E-state index contributed by atoms with van der Waals surface area (Å²) in [5.74, 6) is 1.24. The zero-order valence-corrected chi connectivity index (χ0v) is 25.2. The number of aliphatic imine (C=N–C) groups is 2. The molecule has 0 radical (unpaired) electrons. The zero-order chi connectivity index (χ0) is 28.9. The van der Waals surface area contributed by atoms with E-state index in [1.807, 2.05) is 6.07 Å². The van der Waals surface area contributed by atoms with Crippen molar-refractivity contribution in [2.45, 2.75) is 6.92 Å². The average molecular weight is 625 g/mol. The van der Waals surface area contributed by atoms with Crippen LogP contribution in [0.1, 0.15) is 12.5 Å². The smallest absolute Gasteiger partial charge is 0.229 e. The molecule has 0 spiro atoms. The minimum atomic E-state index is -2.82. The largest absolute Gasteiger partial charge is 0.494 e. The van der Waals surface area contributed by atoms with Crippen LogP contribution >= 0.6 is 23.1 Å². The van der Waals surface area contributed by atoms with E-state index in [2.05, 4.69) is 64.2 Å². The van der Waals surface area contributed by atoms with Gasteiger partial charge < -0.3 is 29.6 Å². The van der Waals surface area contributed by atoms with E-state index in [0.717, 1.165) is 5.69 Å². The molecule has 13 heteroatoms. The molecule has 0 atom stereocenters. The molecule has 2 aromatic carbocycles. The minimum Gasteiger partial charge on any atom is -0.494 e. The van der Waals surface area contributed by atoms with Crippen LogP contribution in [0.3, 0.4) is 0 Å². The summed E-state index contributed by atoms with van der Waals surface area (Å²) >= 11 is 3.50. The molecule has 1 aliphatic heterocycles. The number of hydrogen-bond acceptors (Lipinski definition) is 11. The molecule has 0 unspecified atom stereocenters. The van der Waals surface area contributed by atoms with E-state index < -0.39 is 7.14 Å². The summed E-state index contributed by atoms with van der Waals surface area (Å²) in [7, 11) is -1.25. The second-order valence-corrected chi connectivity index (χ2v) is 13.2. The Bertz CT molecular complexity index is 1540. The molecule has 0 bridgehead atoms. The highest BCUT2D eigenvalue weighted by atomic mass is 79.9. The Labute approximate surface area is 241 Å². The first-order valence-corrected chi connectivity index (χ1v) is 15.8. The Morgan fingerprint density at radius 3 is 2.62 bits per heavy atom. The van der Waals surface area contributed by atoms with E-state index >= 15 is 0 Å². The van der Waals surface area contributed by atoms with E-state index in [1.165, 1.54) is 0 Å². The highest BCUT2D eigenvalue weighted by molar-refractivity contribution is 9.10. The number of hydrogen-bond donors (Lipinski definition) is 2. The molecule has 0 saturated carbocycles. The summed E-state index contributed by atoms with van der Waals surface area (Å²) < 4.78 is 25.1. The number of anilines is 5. The van der Waals surface area contributed by atoms with Crippen molar-refractivity contribution < 1.29 is 14.0 Å². The molecule has 1 aromatic heterocycles. The Kier molecular flexibility index (Phi) is 9.20. The standard InChI is InChI=1S/C27H30BrN8O3P/c1-6-31-24-19(30-2)7-8-20(25(24)40(4,5)37)33-26-18(28)16-32-27(35-26)34-21-13-17(15-29)22(14-23(21)38-3)36-9-11-39-12-10-36/h6-8,13-14,16H,2,9-12H2,1,3-5H3,(H2,32,33,34,35)/b31-6-. The van der Waals surface area contributed by atoms with Gasteiger partial charge in [0.15, 0.2) is 0 Å². The van der Waals surface area contributed by atoms with Crippen molar-refractivity contribution in [3.8, 4) is 11.8 Å². The van der Waals surface area contributed by atoms with Gasteiger partial charge in [-0.1, -0.05) is 0 Å². The van der Waals surface area contributed by atoms with Gasteiger partial charge in [0.2, 0.25) is 5.95 Å². The van der Waals surface area contributed by atoms with E-state index in [9.17, 15) is 9.83 Å². The molecule has 0 amide bonds. The summed E-state index contributed by atoms with van der Waals surface area (Å²) in [6.07, 6.45) is 3.22. The van der Waals surface area contributed by atoms with Crippen LogP contribution in [-0.2, 0) is 9.30 Å². The van der Waals surface area contributed by atoms with Gasteiger partial charge in [0.05, 0.1) is 58.4 Å². The molecule has 11 nitrogen and oxygen atoms in total. The van der Waals surface area contributed by atoms with Gasteiger partial charge in [-0.3, -0.25) is 9.98 Å². The third-order valence-electron chi connectivity index (χ3n) is 6.13. The summed E-state index contributed by atoms with van der Waals surface area (Å²) in [6.45, 7) is 11.3. The molecule has 1 saturated heterocycles. The number of halogens is 1. The first kappa shape index (κ1) is 29.2. The quantitative estimate of drug-likeness (QED) is 0.225. The topological polar surface area (TPSA) is 137 Å². The van der Waals surface area contributed by atoms with Crippen molar-refractivity contribution >= 4 is 81.5 Å². The molecule has 1 aliphatic rings. The number of rotatable bonds is 9. The maximum absolute atomic E-state index is 13.4. The second kappa shape index (κ2) is 12.6. The Morgan fingerprint density at radius 1 is 1.25 bits per heavy atom. The molecule has 2 heterocycles. The Balaban J connectivity index is 1.71. The number of ether oxygens (including phenoxy) is 2. The van der Waals surface area contributed by atoms with Crippen LogP contribution < -0.4 is 25.6 Å².